The molecule has 1 fully saturated rings. The third kappa shape index (κ3) is 3.42. The number of nitrogen functional groups attached to an aromatic ring is 1. The van der Waals surface area contributed by atoms with Crippen LogP contribution >= 0.6 is 0 Å². The minimum Gasteiger partial charge on any atom is -0.396 e. The SMILES string of the molecule is CS(=O)(=O)c1cccc(N2CCC(C(F)(F)F)CC2)c1N. The summed E-state index contributed by atoms with van der Waals surface area (Å²) >= 11 is 0. The number of sulfone groups is 1. The van der Waals surface area contributed by atoms with Gasteiger partial charge in [0.1, 0.15) is 0 Å². The number of halogens is 3. The molecule has 0 aromatic heterocycles. The molecule has 0 aliphatic carbocycles. The topological polar surface area (TPSA) is 63.4 Å². The molecule has 1 aromatic carbocycles. The second-order valence-corrected chi connectivity index (χ2v) is 7.25. The summed E-state index contributed by atoms with van der Waals surface area (Å²) in [7, 11) is -3.46. The predicted molar refractivity (Wildman–Crippen MR) is 75.0 cm³/mol. The number of nitrogens with zero attached hydrogens (tertiary/aromatic N) is 1. The fraction of sp³-hybridized carbons (Fsp3) is 0.538. The lowest BCUT2D eigenvalue weighted by atomic mass is 9.96. The molecule has 0 amide bonds. The summed E-state index contributed by atoms with van der Waals surface area (Å²) in [6.45, 7) is 0.420. The predicted octanol–water partition coefficient (Wildman–Crippen LogP) is 2.45. The van der Waals surface area contributed by atoms with Gasteiger partial charge in [-0.1, -0.05) is 6.07 Å². The van der Waals surface area contributed by atoms with E-state index in [1.165, 1.54) is 6.07 Å². The largest absolute Gasteiger partial charge is 0.396 e. The van der Waals surface area contributed by atoms with Gasteiger partial charge in [-0.3, -0.25) is 0 Å². The molecule has 0 spiro atoms. The van der Waals surface area contributed by atoms with Crippen LogP contribution in [0.3, 0.4) is 0 Å². The second-order valence-electron chi connectivity index (χ2n) is 5.26. The smallest absolute Gasteiger partial charge is 0.391 e. The van der Waals surface area contributed by atoms with Crippen molar-refractivity contribution in [3.05, 3.63) is 18.2 Å². The molecule has 0 bridgehead atoms. The molecule has 2 N–H and O–H groups in total. The van der Waals surface area contributed by atoms with Crippen LogP contribution in [-0.2, 0) is 9.84 Å². The van der Waals surface area contributed by atoms with Crippen molar-refractivity contribution >= 4 is 21.2 Å². The number of hydrogen-bond acceptors (Lipinski definition) is 4. The van der Waals surface area contributed by atoms with Gasteiger partial charge in [-0.25, -0.2) is 8.42 Å². The second kappa shape index (κ2) is 5.40. The van der Waals surface area contributed by atoms with Crippen LogP contribution in [0.5, 0.6) is 0 Å². The van der Waals surface area contributed by atoms with Crippen LogP contribution in [0, 0.1) is 5.92 Å². The van der Waals surface area contributed by atoms with Crippen molar-refractivity contribution in [3.8, 4) is 0 Å². The van der Waals surface area contributed by atoms with E-state index in [4.69, 9.17) is 5.73 Å². The lowest BCUT2D eigenvalue weighted by Gasteiger charge is -2.35. The van der Waals surface area contributed by atoms with E-state index in [1.807, 2.05) is 0 Å². The Balaban J connectivity index is 2.22. The first-order chi connectivity index (χ1) is 9.60. The molecule has 1 aliphatic rings. The number of benzene rings is 1. The molecule has 21 heavy (non-hydrogen) atoms. The molecule has 0 unspecified atom stereocenters. The van der Waals surface area contributed by atoms with Crippen molar-refractivity contribution in [2.45, 2.75) is 23.9 Å². The van der Waals surface area contributed by atoms with Crippen LogP contribution in [0.1, 0.15) is 12.8 Å². The zero-order chi connectivity index (χ0) is 15.8. The Morgan fingerprint density at radius 1 is 1.24 bits per heavy atom. The van der Waals surface area contributed by atoms with Crippen LogP contribution in [0.25, 0.3) is 0 Å². The van der Waals surface area contributed by atoms with Crippen molar-refractivity contribution in [1.29, 1.82) is 0 Å². The van der Waals surface area contributed by atoms with Crippen LogP contribution < -0.4 is 10.6 Å². The highest BCUT2D eigenvalue weighted by Crippen LogP contribution is 2.37. The van der Waals surface area contributed by atoms with E-state index < -0.39 is 21.9 Å². The van der Waals surface area contributed by atoms with Gasteiger partial charge < -0.3 is 10.6 Å². The lowest BCUT2D eigenvalue weighted by molar-refractivity contribution is -0.179. The average molecular weight is 322 g/mol. The molecule has 8 heteroatoms. The van der Waals surface area contributed by atoms with E-state index in [2.05, 4.69) is 0 Å². The van der Waals surface area contributed by atoms with E-state index in [0.717, 1.165) is 6.26 Å². The van der Waals surface area contributed by atoms with Gasteiger partial charge in [0.25, 0.3) is 0 Å². The van der Waals surface area contributed by atoms with Crippen molar-refractivity contribution in [3.63, 3.8) is 0 Å². The quantitative estimate of drug-likeness (QED) is 0.850. The maximum absolute atomic E-state index is 12.6. The zero-order valence-corrected chi connectivity index (χ0v) is 12.3. The maximum Gasteiger partial charge on any atom is 0.391 e. The number of anilines is 2. The van der Waals surface area contributed by atoms with Crippen molar-refractivity contribution in [2.24, 2.45) is 5.92 Å². The number of hydrogen-bond donors (Lipinski definition) is 1. The van der Waals surface area contributed by atoms with Crippen molar-refractivity contribution < 1.29 is 21.6 Å². The van der Waals surface area contributed by atoms with Gasteiger partial charge in [0, 0.05) is 19.3 Å². The Morgan fingerprint density at radius 2 is 1.81 bits per heavy atom. The van der Waals surface area contributed by atoms with Gasteiger partial charge in [0.15, 0.2) is 9.84 Å². The molecule has 0 radical (unpaired) electrons. The van der Waals surface area contributed by atoms with Gasteiger partial charge in [-0.2, -0.15) is 13.2 Å². The molecular weight excluding hydrogens is 305 g/mol. The molecule has 1 heterocycles. The fourth-order valence-corrected chi connectivity index (χ4v) is 3.41. The minimum absolute atomic E-state index is 0.00789. The van der Waals surface area contributed by atoms with Gasteiger partial charge in [-0.15, -0.1) is 0 Å². The molecule has 1 aromatic rings. The molecular formula is C13H17F3N2O2S. The monoisotopic (exact) mass is 322 g/mol. The fourth-order valence-electron chi connectivity index (χ4n) is 2.58. The Bertz CT molecular complexity index is 621. The number of nitrogens with two attached hydrogens (primary N) is 1. The van der Waals surface area contributed by atoms with E-state index >= 15 is 0 Å². The molecule has 2 rings (SSSR count). The molecule has 4 nitrogen and oxygen atoms in total. The molecule has 0 atom stereocenters. The van der Waals surface area contributed by atoms with Gasteiger partial charge in [0.2, 0.25) is 0 Å². The minimum atomic E-state index is -4.17. The third-order valence-electron chi connectivity index (χ3n) is 3.74. The van der Waals surface area contributed by atoms with Gasteiger partial charge in [0.05, 0.1) is 22.2 Å². The van der Waals surface area contributed by atoms with E-state index in [1.54, 1.807) is 17.0 Å². The molecule has 1 saturated heterocycles. The summed E-state index contributed by atoms with van der Waals surface area (Å²) in [5.74, 6) is -1.30. The Labute approximate surface area is 121 Å². The van der Waals surface area contributed by atoms with Gasteiger partial charge in [-0.05, 0) is 25.0 Å². The highest BCUT2D eigenvalue weighted by atomic mass is 32.2. The van der Waals surface area contributed by atoms with Gasteiger partial charge >= 0.3 is 6.18 Å². The number of rotatable bonds is 2. The normalized spacial score (nSPS) is 18.0. The first-order valence-corrected chi connectivity index (χ1v) is 8.40. The average Bonchev–Trinajstić information content (AvgIpc) is 2.37. The Kier molecular flexibility index (Phi) is 4.10. The van der Waals surface area contributed by atoms with Crippen molar-refractivity contribution in [2.75, 3.05) is 30.0 Å². The summed E-state index contributed by atoms with van der Waals surface area (Å²) in [4.78, 5) is 1.73. The Hall–Kier alpha value is -1.44. The summed E-state index contributed by atoms with van der Waals surface area (Å²) in [5.41, 5.74) is 6.46. The van der Waals surface area contributed by atoms with Crippen LogP contribution in [0.15, 0.2) is 23.1 Å². The molecule has 0 saturated carbocycles. The summed E-state index contributed by atoms with van der Waals surface area (Å²) < 4.78 is 61.2. The maximum atomic E-state index is 12.6. The molecule has 1 aliphatic heterocycles. The van der Waals surface area contributed by atoms with Crippen LogP contribution in [0.2, 0.25) is 0 Å². The van der Waals surface area contributed by atoms with Crippen LogP contribution in [-0.4, -0.2) is 33.9 Å². The third-order valence-corrected chi connectivity index (χ3v) is 4.90. The zero-order valence-electron chi connectivity index (χ0n) is 11.5. The highest BCUT2D eigenvalue weighted by molar-refractivity contribution is 7.90. The summed E-state index contributed by atoms with van der Waals surface area (Å²) in [6, 6.07) is 4.59. The lowest BCUT2D eigenvalue weighted by Crippen LogP contribution is -2.39. The first kappa shape index (κ1) is 15.9. The number of para-hydroxylation sites is 1. The standard InChI is InChI=1S/C13H17F3N2O2S/c1-21(19,20)11-4-2-3-10(12(11)17)18-7-5-9(6-8-18)13(14,15)16/h2-4,9H,5-8,17H2,1H3. The van der Waals surface area contributed by atoms with Crippen molar-refractivity contribution in [1.82, 2.24) is 0 Å². The highest BCUT2D eigenvalue weighted by Gasteiger charge is 2.41. The summed E-state index contributed by atoms with van der Waals surface area (Å²) in [5, 5.41) is 0. The number of alkyl halides is 3. The number of piperidine rings is 1. The van der Waals surface area contributed by atoms with E-state index in [9.17, 15) is 21.6 Å². The van der Waals surface area contributed by atoms with E-state index in [-0.39, 0.29) is 36.5 Å². The first-order valence-electron chi connectivity index (χ1n) is 6.51. The Morgan fingerprint density at radius 3 is 2.29 bits per heavy atom. The van der Waals surface area contributed by atoms with Crippen LogP contribution in [0.4, 0.5) is 24.5 Å². The summed E-state index contributed by atoms with van der Waals surface area (Å²) in [6.07, 6.45) is -3.14. The molecule has 118 valence electrons. The van der Waals surface area contributed by atoms with E-state index in [0.29, 0.717) is 5.69 Å².